The second kappa shape index (κ2) is 5.40. The smallest absolute Gasteiger partial charge is 0.165 e. The van der Waals surface area contributed by atoms with Crippen molar-refractivity contribution in [3.8, 4) is 0 Å². The Hall–Kier alpha value is -2.24. The van der Waals surface area contributed by atoms with E-state index in [4.69, 9.17) is 0 Å². The first-order valence-electron chi connectivity index (χ1n) is 7.90. The quantitative estimate of drug-likeness (QED) is 0.522. The van der Waals surface area contributed by atoms with Gasteiger partial charge in [0.05, 0.1) is 12.4 Å². The minimum atomic E-state index is -1.26. The summed E-state index contributed by atoms with van der Waals surface area (Å²) < 4.78 is 56.8. The fraction of sp³-hybridized carbons (Fsp3) is 0.333. The van der Waals surface area contributed by atoms with Crippen LogP contribution in [0.1, 0.15) is 24.0 Å². The van der Waals surface area contributed by atoms with Crippen molar-refractivity contribution in [3.05, 3.63) is 69.7 Å². The molecule has 4 bridgehead atoms. The van der Waals surface area contributed by atoms with Gasteiger partial charge in [-0.15, -0.1) is 0 Å². The Labute approximate surface area is 137 Å². The van der Waals surface area contributed by atoms with Crippen LogP contribution in [0.3, 0.4) is 0 Å². The van der Waals surface area contributed by atoms with E-state index in [-0.39, 0.29) is 12.8 Å². The molecule has 6 aliphatic rings. The van der Waals surface area contributed by atoms with E-state index >= 15 is 0 Å². The molecule has 7 rings (SSSR count). The van der Waals surface area contributed by atoms with E-state index in [9.17, 15) is 17.6 Å². The molecular weight excluding hydrogens is 320 g/mol. The van der Waals surface area contributed by atoms with Gasteiger partial charge in [0.2, 0.25) is 0 Å². The van der Waals surface area contributed by atoms with Crippen molar-refractivity contribution in [1.82, 2.24) is 9.80 Å². The van der Waals surface area contributed by atoms with Gasteiger partial charge < -0.3 is 9.80 Å². The third-order valence-corrected chi connectivity index (χ3v) is 4.87. The number of halogens is 4. The molecular formula is C18H16F4N2. The SMILES string of the molecule is CN1C=C2C3=CC=C(CCc4c(F)c(F)c(c(F)c4F)CC3)N2C1. The zero-order valence-corrected chi connectivity index (χ0v) is 13.2. The highest BCUT2D eigenvalue weighted by molar-refractivity contribution is 5.44. The van der Waals surface area contributed by atoms with Crippen LogP contribution in [0.2, 0.25) is 0 Å². The fourth-order valence-corrected chi connectivity index (χ4v) is 3.60. The summed E-state index contributed by atoms with van der Waals surface area (Å²) in [6, 6.07) is 0. The van der Waals surface area contributed by atoms with E-state index in [0.29, 0.717) is 19.5 Å². The average Bonchev–Trinajstić information content (AvgIpc) is 2.94. The molecule has 2 nitrogen and oxygen atoms in total. The molecule has 4 aliphatic heterocycles. The molecule has 1 aromatic carbocycles. The lowest BCUT2D eigenvalue weighted by molar-refractivity contribution is 0.323. The molecule has 0 spiro atoms. The number of rotatable bonds is 0. The van der Waals surface area contributed by atoms with Crippen LogP contribution in [0.25, 0.3) is 0 Å². The summed E-state index contributed by atoms with van der Waals surface area (Å²) >= 11 is 0. The summed E-state index contributed by atoms with van der Waals surface area (Å²) in [5.74, 6) is -5.04. The summed E-state index contributed by atoms with van der Waals surface area (Å²) in [6.45, 7) is 0.657. The number of hydrogen-bond donors (Lipinski definition) is 0. The van der Waals surface area contributed by atoms with Gasteiger partial charge in [-0.3, -0.25) is 0 Å². The molecule has 6 heteroatoms. The number of allylic oxidation sites excluding steroid dienone is 4. The molecule has 0 N–H and O–H groups in total. The molecule has 0 saturated carbocycles. The van der Waals surface area contributed by atoms with Gasteiger partial charge in [-0.2, -0.15) is 0 Å². The van der Waals surface area contributed by atoms with Crippen LogP contribution in [0.15, 0.2) is 35.3 Å². The van der Waals surface area contributed by atoms with E-state index in [2.05, 4.69) is 4.90 Å². The van der Waals surface area contributed by atoms with Crippen molar-refractivity contribution in [3.63, 3.8) is 0 Å². The molecule has 0 saturated heterocycles. The Bertz CT molecular complexity index is 794. The Morgan fingerprint density at radius 1 is 0.792 bits per heavy atom. The highest BCUT2D eigenvalue weighted by Crippen LogP contribution is 2.37. The molecule has 24 heavy (non-hydrogen) atoms. The van der Waals surface area contributed by atoms with Gasteiger partial charge in [0, 0.05) is 30.1 Å². The molecule has 0 atom stereocenters. The predicted molar refractivity (Wildman–Crippen MR) is 81.6 cm³/mol. The number of nitrogens with zero attached hydrogens (tertiary/aromatic N) is 2. The predicted octanol–water partition coefficient (Wildman–Crippen LogP) is 3.99. The fourth-order valence-electron chi connectivity index (χ4n) is 3.60. The minimum absolute atomic E-state index is 0.0876. The minimum Gasteiger partial charge on any atom is -0.361 e. The van der Waals surface area contributed by atoms with E-state index in [1.165, 1.54) is 0 Å². The second-order valence-corrected chi connectivity index (χ2v) is 6.40. The number of benzene rings is 1. The third kappa shape index (κ3) is 2.16. The van der Waals surface area contributed by atoms with Crippen LogP contribution < -0.4 is 0 Å². The van der Waals surface area contributed by atoms with Crippen molar-refractivity contribution in [2.75, 3.05) is 13.7 Å². The standard InChI is InChI=1S/C18H16F4N2/c1-23-8-14-10-2-4-11(24(14)9-23)5-7-13-17(21)15(19)12(6-3-10)16(20)18(13)22/h2,4,8H,3,5-7,9H2,1H3. The van der Waals surface area contributed by atoms with E-state index in [0.717, 1.165) is 17.0 Å². The van der Waals surface area contributed by atoms with Gasteiger partial charge in [-0.25, -0.2) is 17.6 Å². The summed E-state index contributed by atoms with van der Waals surface area (Å²) in [5, 5.41) is 0. The topological polar surface area (TPSA) is 6.48 Å². The summed E-state index contributed by atoms with van der Waals surface area (Å²) in [4.78, 5) is 4.10. The lowest BCUT2D eigenvalue weighted by Gasteiger charge is -2.30. The Kier molecular flexibility index (Phi) is 3.44. The van der Waals surface area contributed by atoms with Crippen LogP contribution in [-0.2, 0) is 12.8 Å². The van der Waals surface area contributed by atoms with E-state index in [1.54, 1.807) is 0 Å². The Morgan fingerprint density at radius 2 is 1.38 bits per heavy atom. The van der Waals surface area contributed by atoms with Crippen molar-refractivity contribution < 1.29 is 17.6 Å². The largest absolute Gasteiger partial charge is 0.361 e. The molecule has 4 heterocycles. The van der Waals surface area contributed by atoms with Gasteiger partial charge in [-0.1, -0.05) is 6.08 Å². The molecule has 2 aliphatic carbocycles. The first-order valence-corrected chi connectivity index (χ1v) is 7.90. The molecule has 0 fully saturated rings. The lowest BCUT2D eigenvalue weighted by atomic mass is 9.93. The lowest BCUT2D eigenvalue weighted by Crippen LogP contribution is -2.27. The van der Waals surface area contributed by atoms with E-state index < -0.39 is 34.4 Å². The van der Waals surface area contributed by atoms with Crippen LogP contribution >= 0.6 is 0 Å². The van der Waals surface area contributed by atoms with Gasteiger partial charge in [0.15, 0.2) is 23.3 Å². The van der Waals surface area contributed by atoms with Gasteiger partial charge in [0.1, 0.15) is 0 Å². The average molecular weight is 336 g/mol. The maximum Gasteiger partial charge on any atom is 0.165 e. The van der Waals surface area contributed by atoms with Crippen LogP contribution in [-0.4, -0.2) is 23.5 Å². The highest BCUT2D eigenvalue weighted by atomic mass is 19.2. The number of hydrogen-bond acceptors (Lipinski definition) is 2. The van der Waals surface area contributed by atoms with Crippen molar-refractivity contribution in [2.45, 2.75) is 25.7 Å². The summed E-state index contributed by atoms with van der Waals surface area (Å²) in [7, 11) is 1.94. The van der Waals surface area contributed by atoms with Crippen LogP contribution in [0.5, 0.6) is 0 Å². The Morgan fingerprint density at radius 3 is 2.00 bits per heavy atom. The van der Waals surface area contributed by atoms with Crippen molar-refractivity contribution in [2.24, 2.45) is 0 Å². The molecule has 1 aromatic rings. The first-order chi connectivity index (χ1) is 11.5. The zero-order valence-electron chi connectivity index (χ0n) is 13.2. The second-order valence-electron chi connectivity index (χ2n) is 6.40. The van der Waals surface area contributed by atoms with Gasteiger partial charge >= 0.3 is 0 Å². The summed E-state index contributed by atoms with van der Waals surface area (Å²) in [6.07, 6.45) is 6.30. The molecule has 0 amide bonds. The normalized spacial score (nSPS) is 19.6. The Balaban J connectivity index is 1.84. The maximum atomic E-state index is 14.2. The molecule has 126 valence electrons. The van der Waals surface area contributed by atoms with E-state index in [1.807, 2.05) is 30.3 Å². The molecule has 0 radical (unpaired) electrons. The van der Waals surface area contributed by atoms with Crippen LogP contribution in [0, 0.1) is 23.3 Å². The molecule has 0 unspecified atom stereocenters. The monoisotopic (exact) mass is 336 g/mol. The highest BCUT2D eigenvalue weighted by Gasteiger charge is 2.31. The molecule has 0 aromatic heterocycles. The third-order valence-electron chi connectivity index (χ3n) is 4.87. The zero-order chi connectivity index (χ0) is 17.0. The van der Waals surface area contributed by atoms with Gasteiger partial charge in [-0.05, 0) is 37.3 Å². The summed E-state index contributed by atoms with van der Waals surface area (Å²) in [5.41, 5.74) is 1.77. The van der Waals surface area contributed by atoms with Crippen molar-refractivity contribution in [1.29, 1.82) is 0 Å². The van der Waals surface area contributed by atoms with Crippen molar-refractivity contribution >= 4 is 0 Å². The van der Waals surface area contributed by atoms with Crippen LogP contribution in [0.4, 0.5) is 17.6 Å². The van der Waals surface area contributed by atoms with Gasteiger partial charge in [0.25, 0.3) is 0 Å². The first kappa shape index (κ1) is 15.3. The maximum absolute atomic E-state index is 14.2.